The third-order valence-corrected chi connectivity index (χ3v) is 1.59. The van der Waals surface area contributed by atoms with E-state index in [1.165, 1.54) is 0 Å². The highest BCUT2D eigenvalue weighted by atomic mass is 32.2. The minimum Gasteiger partial charge on any atom is -0.390 e. The molecule has 0 aromatic heterocycles. The van der Waals surface area contributed by atoms with Crippen LogP contribution in [0, 0.1) is 0 Å². The summed E-state index contributed by atoms with van der Waals surface area (Å²) in [5, 5.41) is 3.08. The highest BCUT2D eigenvalue weighted by molar-refractivity contribution is 7.96. The first-order chi connectivity index (χ1) is 4.31. The number of rotatable bonds is 4. The van der Waals surface area contributed by atoms with Gasteiger partial charge in [0.05, 0.1) is 0 Å². The molecule has 0 saturated heterocycles. The first kappa shape index (κ1) is 8.69. The van der Waals surface area contributed by atoms with Crippen LogP contribution >= 0.6 is 11.9 Å². The van der Waals surface area contributed by atoms with Crippen molar-refractivity contribution in [3.8, 4) is 0 Å². The largest absolute Gasteiger partial charge is 0.390 e. The van der Waals surface area contributed by atoms with E-state index in [4.69, 9.17) is 0 Å². The first-order valence-electron chi connectivity index (χ1n) is 2.98. The van der Waals surface area contributed by atoms with E-state index in [-0.39, 0.29) is 0 Å². The average Bonchev–Trinajstić information content (AvgIpc) is 1.89. The third-order valence-electron chi connectivity index (χ3n) is 0.894. The van der Waals surface area contributed by atoms with Gasteiger partial charge < -0.3 is 9.62 Å². The fourth-order valence-corrected chi connectivity index (χ4v) is 0.519. The third kappa shape index (κ3) is 5.56. The lowest BCUT2D eigenvalue weighted by atomic mass is 10.7. The molecular weight excluding hydrogens is 132 g/mol. The fourth-order valence-electron chi connectivity index (χ4n) is 0.336. The minimum absolute atomic E-state index is 0.985. The van der Waals surface area contributed by atoms with Crippen molar-refractivity contribution >= 4 is 11.9 Å². The van der Waals surface area contributed by atoms with Crippen LogP contribution in [0.25, 0.3) is 0 Å². The van der Waals surface area contributed by atoms with E-state index < -0.39 is 0 Å². The number of nitrogens with one attached hydrogen (secondary N) is 1. The Hall–Kier alpha value is -0.310. The maximum atomic E-state index is 3.08. The van der Waals surface area contributed by atoms with Gasteiger partial charge in [-0.1, -0.05) is 11.9 Å². The second-order valence-corrected chi connectivity index (χ2v) is 2.54. The van der Waals surface area contributed by atoms with Gasteiger partial charge in [-0.2, -0.15) is 0 Å². The SMILES string of the molecule is CCN/C=C\N(C)SC. The van der Waals surface area contributed by atoms with Crippen LogP contribution in [0.1, 0.15) is 6.92 Å². The molecule has 0 heterocycles. The second-order valence-electron chi connectivity index (χ2n) is 1.60. The van der Waals surface area contributed by atoms with Gasteiger partial charge in [-0.05, 0) is 6.92 Å². The van der Waals surface area contributed by atoms with Crippen molar-refractivity contribution in [2.45, 2.75) is 6.92 Å². The molecule has 0 radical (unpaired) electrons. The van der Waals surface area contributed by atoms with E-state index in [1.807, 2.05) is 30.0 Å². The molecule has 1 N–H and O–H groups in total. The Morgan fingerprint density at radius 1 is 1.67 bits per heavy atom. The summed E-state index contributed by atoms with van der Waals surface area (Å²) in [6.45, 7) is 3.06. The number of hydrogen-bond acceptors (Lipinski definition) is 3. The zero-order valence-corrected chi connectivity index (χ0v) is 7.03. The van der Waals surface area contributed by atoms with Crippen molar-refractivity contribution in [2.24, 2.45) is 0 Å². The van der Waals surface area contributed by atoms with Crippen molar-refractivity contribution in [3.63, 3.8) is 0 Å². The van der Waals surface area contributed by atoms with Gasteiger partial charge in [-0.25, -0.2) is 0 Å². The van der Waals surface area contributed by atoms with E-state index >= 15 is 0 Å². The standard InChI is InChI=1S/C6H14N2S/c1-4-7-5-6-8(2)9-3/h5-7H,4H2,1-3H3/b6-5-. The number of hydrogen-bond donors (Lipinski definition) is 1. The van der Waals surface area contributed by atoms with E-state index in [0.29, 0.717) is 0 Å². The van der Waals surface area contributed by atoms with Gasteiger partial charge in [0.1, 0.15) is 0 Å². The Kier molecular flexibility index (Phi) is 5.62. The summed E-state index contributed by atoms with van der Waals surface area (Å²) in [7, 11) is 2.01. The van der Waals surface area contributed by atoms with Crippen molar-refractivity contribution in [1.82, 2.24) is 9.62 Å². The zero-order chi connectivity index (χ0) is 7.11. The Labute approximate surface area is 61.4 Å². The Bertz CT molecular complexity index is 83.1. The monoisotopic (exact) mass is 146 g/mol. The van der Waals surface area contributed by atoms with Crippen LogP contribution in [0.15, 0.2) is 12.4 Å². The summed E-state index contributed by atoms with van der Waals surface area (Å²) in [4.78, 5) is 0. The van der Waals surface area contributed by atoms with Gasteiger partial charge in [0.25, 0.3) is 0 Å². The molecule has 0 spiro atoms. The van der Waals surface area contributed by atoms with Crippen molar-refractivity contribution in [2.75, 3.05) is 19.8 Å². The molecule has 2 nitrogen and oxygen atoms in total. The van der Waals surface area contributed by atoms with E-state index in [1.54, 1.807) is 11.9 Å². The van der Waals surface area contributed by atoms with Crippen LogP contribution < -0.4 is 5.32 Å². The van der Waals surface area contributed by atoms with E-state index in [0.717, 1.165) is 6.54 Å². The molecule has 0 aromatic rings. The highest BCUT2D eigenvalue weighted by Gasteiger charge is 1.80. The van der Waals surface area contributed by atoms with Crippen molar-refractivity contribution in [3.05, 3.63) is 12.4 Å². The lowest BCUT2D eigenvalue weighted by Crippen LogP contribution is -2.05. The van der Waals surface area contributed by atoms with Crippen LogP contribution in [0.4, 0.5) is 0 Å². The van der Waals surface area contributed by atoms with Gasteiger partial charge in [0.15, 0.2) is 0 Å². The molecule has 0 aliphatic rings. The molecule has 0 saturated carbocycles. The Morgan fingerprint density at radius 2 is 2.33 bits per heavy atom. The molecule has 0 atom stereocenters. The highest BCUT2D eigenvalue weighted by Crippen LogP contribution is 1.98. The predicted octanol–water partition coefficient (Wildman–Crippen LogP) is 1.28. The van der Waals surface area contributed by atoms with Gasteiger partial charge in [0, 0.05) is 32.2 Å². The summed E-state index contributed by atoms with van der Waals surface area (Å²) < 4.78 is 2.03. The van der Waals surface area contributed by atoms with Crippen LogP contribution in [0.2, 0.25) is 0 Å². The molecule has 0 amide bonds. The smallest absolute Gasteiger partial charge is 0.0258 e. The molecule has 0 aromatic carbocycles. The normalized spacial score (nSPS) is 10.1. The molecule has 3 heteroatoms. The summed E-state index contributed by atoms with van der Waals surface area (Å²) in [5.41, 5.74) is 0. The quantitative estimate of drug-likeness (QED) is 0.601. The predicted molar refractivity (Wildman–Crippen MR) is 44.1 cm³/mol. The summed E-state index contributed by atoms with van der Waals surface area (Å²) in [5.74, 6) is 0. The van der Waals surface area contributed by atoms with Gasteiger partial charge >= 0.3 is 0 Å². The second kappa shape index (κ2) is 5.82. The molecule has 54 valence electrons. The Morgan fingerprint density at radius 3 is 2.78 bits per heavy atom. The summed E-state index contributed by atoms with van der Waals surface area (Å²) in [6, 6.07) is 0. The van der Waals surface area contributed by atoms with Crippen LogP contribution in [0.3, 0.4) is 0 Å². The minimum atomic E-state index is 0.985. The van der Waals surface area contributed by atoms with Gasteiger partial charge in [-0.15, -0.1) is 0 Å². The lowest BCUT2D eigenvalue weighted by molar-refractivity contribution is 0.760. The lowest BCUT2D eigenvalue weighted by Gasteiger charge is -2.07. The van der Waals surface area contributed by atoms with E-state index in [9.17, 15) is 0 Å². The topological polar surface area (TPSA) is 15.3 Å². The van der Waals surface area contributed by atoms with Crippen molar-refractivity contribution < 1.29 is 0 Å². The van der Waals surface area contributed by atoms with Crippen LogP contribution in [-0.4, -0.2) is 24.2 Å². The maximum absolute atomic E-state index is 3.08. The molecular formula is C6H14N2S. The molecule has 0 unspecified atom stereocenters. The number of nitrogens with zero attached hydrogens (tertiary/aromatic N) is 1. The fraction of sp³-hybridized carbons (Fsp3) is 0.667. The summed E-state index contributed by atoms with van der Waals surface area (Å²) >= 11 is 1.68. The van der Waals surface area contributed by atoms with Gasteiger partial charge in [-0.3, -0.25) is 0 Å². The van der Waals surface area contributed by atoms with Crippen LogP contribution in [0.5, 0.6) is 0 Å². The molecule has 0 aliphatic heterocycles. The molecule has 0 fully saturated rings. The van der Waals surface area contributed by atoms with Crippen molar-refractivity contribution in [1.29, 1.82) is 0 Å². The van der Waals surface area contributed by atoms with E-state index in [2.05, 4.69) is 12.2 Å². The molecule has 0 aliphatic carbocycles. The summed E-state index contributed by atoms with van der Waals surface area (Å²) in [6.07, 6.45) is 5.97. The van der Waals surface area contributed by atoms with Gasteiger partial charge in [0.2, 0.25) is 0 Å². The van der Waals surface area contributed by atoms with Crippen LogP contribution in [-0.2, 0) is 0 Å². The zero-order valence-electron chi connectivity index (χ0n) is 6.22. The Balaban J connectivity index is 3.20. The molecule has 9 heavy (non-hydrogen) atoms. The first-order valence-corrected chi connectivity index (χ1v) is 4.16. The molecule has 0 rings (SSSR count). The maximum Gasteiger partial charge on any atom is 0.0258 e. The molecule has 0 bridgehead atoms. The average molecular weight is 146 g/mol.